The lowest BCUT2D eigenvalue weighted by atomic mass is 9.79. The zero-order chi connectivity index (χ0) is 20.9. The summed E-state index contributed by atoms with van der Waals surface area (Å²) in [4.78, 5) is 13.5. The van der Waals surface area contributed by atoms with Crippen molar-refractivity contribution in [3.05, 3.63) is 53.4 Å². The van der Waals surface area contributed by atoms with Crippen molar-refractivity contribution in [2.24, 2.45) is 11.3 Å². The van der Waals surface area contributed by atoms with Gasteiger partial charge in [-0.05, 0) is 52.7 Å². The van der Waals surface area contributed by atoms with Crippen LogP contribution >= 0.6 is 11.8 Å². The standard InChI is InChI=1S/C25H35FOS/c1-7-10-23(28-16-18(4)25(5,6)8-2)24(27)21-12-9-11-17(3)22-15-19(26)13-14-20(21)22/h9,11-15,17-18,23H,7-8,10,16H2,1-6H3/t17-,18?,23?/m1/s1. The van der Waals surface area contributed by atoms with E-state index < -0.39 is 0 Å². The Kier molecular flexibility index (Phi) is 8.12. The number of benzene rings is 1. The number of fused-ring (bicyclic) bond motifs is 1. The first-order valence-corrected chi connectivity index (χ1v) is 11.6. The number of hydrogen-bond donors (Lipinski definition) is 0. The number of carbonyl (C=O) groups is 1. The Bertz CT molecular complexity index is 747. The zero-order valence-electron chi connectivity index (χ0n) is 18.2. The SMILES string of the molecule is CCCC(SCC(C)C(C)(C)CC)C(=O)C1=CC=C[C@@H](C)c2cc(F)ccc21. The van der Waals surface area contributed by atoms with Crippen LogP contribution in [-0.4, -0.2) is 16.8 Å². The van der Waals surface area contributed by atoms with E-state index in [1.54, 1.807) is 23.9 Å². The number of halogens is 1. The van der Waals surface area contributed by atoms with Gasteiger partial charge in [-0.1, -0.05) is 78.7 Å². The molecule has 154 valence electrons. The smallest absolute Gasteiger partial charge is 0.176 e. The molecular formula is C25H35FOS. The first-order valence-electron chi connectivity index (χ1n) is 10.5. The zero-order valence-corrected chi connectivity index (χ0v) is 19.0. The Morgan fingerprint density at radius 3 is 2.64 bits per heavy atom. The lowest BCUT2D eigenvalue weighted by Crippen LogP contribution is -2.26. The third-order valence-corrected chi connectivity index (χ3v) is 7.90. The minimum atomic E-state index is -0.247. The second-order valence-electron chi connectivity index (χ2n) is 8.70. The van der Waals surface area contributed by atoms with Crippen molar-refractivity contribution in [1.82, 2.24) is 0 Å². The van der Waals surface area contributed by atoms with Crippen LogP contribution < -0.4 is 0 Å². The topological polar surface area (TPSA) is 17.1 Å². The van der Waals surface area contributed by atoms with Crippen LogP contribution in [0.15, 0.2) is 36.4 Å². The molecule has 3 heteroatoms. The summed E-state index contributed by atoms with van der Waals surface area (Å²) in [6.45, 7) is 13.3. The fourth-order valence-electron chi connectivity index (χ4n) is 3.44. The molecule has 0 radical (unpaired) electrons. The average Bonchev–Trinajstić information content (AvgIpc) is 2.83. The van der Waals surface area contributed by atoms with Gasteiger partial charge in [-0.2, -0.15) is 0 Å². The van der Waals surface area contributed by atoms with Crippen LogP contribution in [0.4, 0.5) is 4.39 Å². The van der Waals surface area contributed by atoms with Gasteiger partial charge < -0.3 is 0 Å². The van der Waals surface area contributed by atoms with Crippen LogP contribution in [0.3, 0.4) is 0 Å². The molecule has 0 bridgehead atoms. The van der Waals surface area contributed by atoms with Gasteiger partial charge in [0.2, 0.25) is 0 Å². The summed E-state index contributed by atoms with van der Waals surface area (Å²) in [5.74, 6) is 1.55. The maximum Gasteiger partial charge on any atom is 0.176 e. The maximum absolute atomic E-state index is 13.8. The fourth-order valence-corrected chi connectivity index (χ4v) is 5.10. The van der Waals surface area contributed by atoms with E-state index in [0.717, 1.165) is 41.7 Å². The molecule has 1 nitrogen and oxygen atoms in total. The van der Waals surface area contributed by atoms with E-state index in [0.29, 0.717) is 5.92 Å². The predicted molar refractivity (Wildman–Crippen MR) is 121 cm³/mol. The van der Waals surface area contributed by atoms with Crippen molar-refractivity contribution in [2.75, 3.05) is 5.75 Å². The highest BCUT2D eigenvalue weighted by molar-refractivity contribution is 8.00. The summed E-state index contributed by atoms with van der Waals surface area (Å²) in [5, 5.41) is -0.0499. The highest BCUT2D eigenvalue weighted by Gasteiger charge is 2.29. The summed E-state index contributed by atoms with van der Waals surface area (Å²) in [6, 6.07) is 4.81. The molecule has 1 aliphatic carbocycles. The van der Waals surface area contributed by atoms with E-state index in [4.69, 9.17) is 0 Å². The van der Waals surface area contributed by atoms with Crippen molar-refractivity contribution in [1.29, 1.82) is 0 Å². The van der Waals surface area contributed by atoms with Crippen LogP contribution in [0.1, 0.15) is 77.8 Å². The molecule has 0 saturated carbocycles. The summed E-state index contributed by atoms with van der Waals surface area (Å²) < 4.78 is 13.8. The summed E-state index contributed by atoms with van der Waals surface area (Å²) in [6.07, 6.45) is 8.89. The quantitative estimate of drug-likeness (QED) is 0.427. The number of carbonyl (C=O) groups excluding carboxylic acids is 1. The molecule has 3 atom stereocenters. The van der Waals surface area contributed by atoms with Crippen LogP contribution in [0.5, 0.6) is 0 Å². The minimum Gasteiger partial charge on any atom is -0.293 e. The van der Waals surface area contributed by atoms with Gasteiger partial charge in [0.05, 0.1) is 5.25 Å². The summed E-state index contributed by atoms with van der Waals surface area (Å²) in [5.41, 5.74) is 2.78. The molecule has 1 aliphatic rings. The Balaban J connectivity index is 2.27. The molecule has 2 unspecified atom stereocenters. The summed E-state index contributed by atoms with van der Waals surface area (Å²) >= 11 is 1.80. The minimum absolute atomic E-state index is 0.0499. The molecule has 28 heavy (non-hydrogen) atoms. The second-order valence-corrected chi connectivity index (χ2v) is 9.94. The predicted octanol–water partition coefficient (Wildman–Crippen LogP) is 7.43. The number of rotatable bonds is 9. The Morgan fingerprint density at radius 1 is 1.29 bits per heavy atom. The lowest BCUT2D eigenvalue weighted by Gasteiger charge is -2.31. The Morgan fingerprint density at radius 2 is 2.00 bits per heavy atom. The van der Waals surface area contributed by atoms with Gasteiger partial charge in [0, 0.05) is 5.57 Å². The molecule has 0 amide bonds. The van der Waals surface area contributed by atoms with E-state index >= 15 is 0 Å². The van der Waals surface area contributed by atoms with Crippen molar-refractivity contribution < 1.29 is 9.18 Å². The van der Waals surface area contributed by atoms with Crippen molar-refractivity contribution >= 4 is 23.1 Å². The highest BCUT2D eigenvalue weighted by Crippen LogP contribution is 2.37. The molecule has 1 aromatic rings. The van der Waals surface area contributed by atoms with Gasteiger partial charge in [0.1, 0.15) is 5.82 Å². The van der Waals surface area contributed by atoms with E-state index in [9.17, 15) is 9.18 Å². The van der Waals surface area contributed by atoms with E-state index in [1.165, 1.54) is 6.07 Å². The third-order valence-electron chi connectivity index (χ3n) is 6.36. The number of ketones is 1. The van der Waals surface area contributed by atoms with Gasteiger partial charge >= 0.3 is 0 Å². The molecule has 0 aliphatic heterocycles. The molecule has 0 aromatic heterocycles. The normalized spacial score (nSPS) is 18.8. The first-order chi connectivity index (χ1) is 13.2. The van der Waals surface area contributed by atoms with Crippen LogP contribution in [-0.2, 0) is 4.79 Å². The van der Waals surface area contributed by atoms with Gasteiger partial charge in [0.25, 0.3) is 0 Å². The van der Waals surface area contributed by atoms with Gasteiger partial charge in [-0.3, -0.25) is 4.79 Å². The van der Waals surface area contributed by atoms with Crippen LogP contribution in [0.2, 0.25) is 0 Å². The first kappa shape index (κ1) is 22.9. The number of hydrogen-bond acceptors (Lipinski definition) is 2. The number of thioether (sulfide) groups is 1. The molecule has 1 aromatic carbocycles. The van der Waals surface area contributed by atoms with E-state index in [-0.39, 0.29) is 28.2 Å². The molecule has 0 heterocycles. The summed E-state index contributed by atoms with van der Waals surface area (Å²) in [7, 11) is 0. The molecule has 0 saturated heterocycles. The van der Waals surface area contributed by atoms with E-state index in [1.807, 2.05) is 25.2 Å². The molecule has 0 spiro atoms. The van der Waals surface area contributed by atoms with Crippen LogP contribution in [0, 0.1) is 17.2 Å². The molecule has 2 rings (SSSR count). The van der Waals surface area contributed by atoms with Crippen molar-refractivity contribution in [2.45, 2.75) is 72.0 Å². The largest absolute Gasteiger partial charge is 0.293 e. The average molecular weight is 403 g/mol. The maximum atomic E-state index is 13.8. The van der Waals surface area contributed by atoms with Crippen molar-refractivity contribution in [3.63, 3.8) is 0 Å². The Labute approximate surface area is 174 Å². The van der Waals surface area contributed by atoms with Gasteiger partial charge in [-0.15, -0.1) is 11.8 Å². The van der Waals surface area contributed by atoms with E-state index in [2.05, 4.69) is 34.6 Å². The fraction of sp³-hybridized carbons (Fsp3) is 0.560. The third kappa shape index (κ3) is 5.37. The number of allylic oxidation sites excluding steroid dienone is 4. The monoisotopic (exact) mass is 402 g/mol. The highest BCUT2D eigenvalue weighted by atomic mass is 32.2. The van der Waals surface area contributed by atoms with Crippen molar-refractivity contribution in [3.8, 4) is 0 Å². The lowest BCUT2D eigenvalue weighted by molar-refractivity contribution is -0.113. The molecule has 0 fully saturated rings. The molecule has 0 N–H and O–H groups in total. The van der Waals surface area contributed by atoms with Crippen LogP contribution in [0.25, 0.3) is 5.57 Å². The molecular weight excluding hydrogens is 367 g/mol. The van der Waals surface area contributed by atoms with Gasteiger partial charge in [-0.25, -0.2) is 4.39 Å². The Hall–Kier alpha value is -1.35. The second kappa shape index (κ2) is 9.91. The van der Waals surface area contributed by atoms with Gasteiger partial charge in [0.15, 0.2) is 5.78 Å². The number of Topliss-reactive ketones (excluding diaryl/α,β-unsaturated/α-hetero) is 1.